The number of benzene rings is 6. The fourth-order valence-corrected chi connectivity index (χ4v) is 13.7. The lowest BCUT2D eigenvalue weighted by Gasteiger charge is -2.50. The van der Waals surface area contributed by atoms with Crippen LogP contribution in [0.2, 0.25) is 0 Å². The lowest BCUT2D eigenvalue weighted by atomic mass is 9.85. The molecule has 3 N–H and O–H groups in total. The Balaban J connectivity index is 0.990. The van der Waals surface area contributed by atoms with Crippen molar-refractivity contribution in [3.8, 4) is 6.07 Å². The van der Waals surface area contributed by atoms with Crippen molar-refractivity contribution in [3.05, 3.63) is 234 Å². The number of aromatic nitrogens is 2. The fourth-order valence-electron chi connectivity index (χ4n) is 12.4. The third-order valence-corrected chi connectivity index (χ3v) is 17.0. The molecule has 8 heteroatoms. The molecule has 4 aliphatic carbocycles. The number of nitriles is 1. The van der Waals surface area contributed by atoms with Crippen molar-refractivity contribution in [2.45, 2.75) is 72.8 Å². The molecule has 7 nitrogen and oxygen atoms in total. The van der Waals surface area contributed by atoms with Crippen LogP contribution in [0.1, 0.15) is 61.1 Å². The molecule has 1 saturated heterocycles. The average Bonchev–Trinajstić information content (AvgIpc) is 3.95. The van der Waals surface area contributed by atoms with Crippen LogP contribution in [-0.2, 0) is 0 Å². The highest BCUT2D eigenvalue weighted by Gasteiger charge is 2.44. The monoisotopic (exact) mass is 951 g/mol. The van der Waals surface area contributed by atoms with Gasteiger partial charge in [0.25, 0.3) is 0 Å². The van der Waals surface area contributed by atoms with Gasteiger partial charge in [0.05, 0.1) is 69.2 Å². The molecular formula is C64H53N7S. The maximum atomic E-state index is 11.7. The molecule has 8 aromatic rings. The van der Waals surface area contributed by atoms with Gasteiger partial charge >= 0.3 is 0 Å². The first kappa shape index (κ1) is 43.2. The molecule has 4 heterocycles. The zero-order chi connectivity index (χ0) is 47.7. The Morgan fingerprint density at radius 1 is 0.597 bits per heavy atom. The van der Waals surface area contributed by atoms with Crippen LogP contribution in [0.25, 0.3) is 60.6 Å². The molecule has 2 aromatic heterocycles. The van der Waals surface area contributed by atoms with Gasteiger partial charge in [0.1, 0.15) is 6.07 Å². The number of nitrogens with one attached hydrogen (secondary N) is 3. The Bertz CT molecular complexity index is 3810. The van der Waals surface area contributed by atoms with Gasteiger partial charge in [0, 0.05) is 44.3 Å². The standard InChI is InChI=1S/C64H53N7S/c65-40-45-36-51(64-67-62(42-21-6-2-7-22-42)66-63(68-64)44-24-18-23-43(35-44)41-19-4-1-5-20-41)59(71-54-31-14-16-33-60(54)72-61-34-17-15-32-55(61)71)38-56(45)70-53-30-13-11-28-48(53)50-37-49-47-27-10-12-29-52(47)69(57(49)39-58(50)70)46-25-8-3-9-26-46/h2-4,6-8,10-25,27-37,39,54,59-60,62-64,66-68H,1,5,9,26,38H2. The molecule has 0 saturated carbocycles. The fraction of sp³-hybridized carbons (Fsp3) is 0.172. The van der Waals surface area contributed by atoms with Gasteiger partial charge in [-0.05, 0) is 108 Å². The number of fused-ring (bicyclic) bond motifs is 8. The molecule has 2 aliphatic heterocycles. The predicted octanol–water partition coefficient (Wildman–Crippen LogP) is 14.2. The summed E-state index contributed by atoms with van der Waals surface area (Å²) in [6.07, 6.45) is 29.0. The van der Waals surface area contributed by atoms with E-state index in [1.165, 1.54) is 65.6 Å². The zero-order valence-corrected chi connectivity index (χ0v) is 40.6. The quantitative estimate of drug-likeness (QED) is 0.148. The van der Waals surface area contributed by atoms with Gasteiger partial charge in [-0.1, -0.05) is 152 Å². The van der Waals surface area contributed by atoms with Crippen LogP contribution >= 0.6 is 11.8 Å². The van der Waals surface area contributed by atoms with Crippen molar-refractivity contribution < 1.29 is 0 Å². The van der Waals surface area contributed by atoms with Gasteiger partial charge in [-0.15, -0.1) is 11.8 Å². The minimum absolute atomic E-state index is 0.0791. The second-order valence-corrected chi connectivity index (χ2v) is 21.0. The van der Waals surface area contributed by atoms with Crippen molar-refractivity contribution in [1.82, 2.24) is 25.1 Å². The summed E-state index contributed by atoms with van der Waals surface area (Å²) in [5.41, 5.74) is 14.7. The number of hydrogen-bond donors (Lipinski definition) is 3. The summed E-state index contributed by atoms with van der Waals surface area (Å²) < 4.78 is 4.92. The number of para-hydroxylation sites is 3. The Morgan fingerprint density at radius 2 is 1.32 bits per heavy atom. The van der Waals surface area contributed by atoms with Gasteiger partial charge in [-0.2, -0.15) is 5.26 Å². The minimum atomic E-state index is -0.316. The second kappa shape index (κ2) is 17.9. The van der Waals surface area contributed by atoms with Crippen molar-refractivity contribution in [2.24, 2.45) is 0 Å². The van der Waals surface area contributed by atoms with E-state index in [1.54, 1.807) is 0 Å². The summed E-state index contributed by atoms with van der Waals surface area (Å²) in [6, 6.07) is 53.8. The Labute approximate surface area is 424 Å². The first-order valence-corrected chi connectivity index (χ1v) is 26.4. The summed E-state index contributed by atoms with van der Waals surface area (Å²) in [5.74, 6) is 0. The van der Waals surface area contributed by atoms with Gasteiger partial charge in [-0.25, -0.2) is 0 Å². The molecule has 1 fully saturated rings. The molecule has 0 radical (unpaired) electrons. The van der Waals surface area contributed by atoms with Crippen molar-refractivity contribution in [1.29, 1.82) is 5.26 Å². The highest BCUT2D eigenvalue weighted by Crippen LogP contribution is 2.49. The molecule has 6 atom stereocenters. The van der Waals surface area contributed by atoms with E-state index >= 15 is 0 Å². The molecule has 72 heavy (non-hydrogen) atoms. The maximum absolute atomic E-state index is 11.7. The van der Waals surface area contributed by atoms with Crippen molar-refractivity contribution in [2.75, 3.05) is 4.90 Å². The molecule has 0 amide bonds. The first-order valence-electron chi connectivity index (χ1n) is 25.5. The van der Waals surface area contributed by atoms with Crippen LogP contribution in [-0.4, -0.2) is 32.6 Å². The molecule has 6 unspecified atom stereocenters. The number of thioether (sulfide) groups is 1. The van der Waals surface area contributed by atoms with E-state index < -0.39 is 0 Å². The normalized spacial score (nSPS) is 23.8. The third kappa shape index (κ3) is 7.22. The van der Waals surface area contributed by atoms with E-state index in [9.17, 15) is 5.26 Å². The van der Waals surface area contributed by atoms with Crippen molar-refractivity contribution in [3.63, 3.8) is 0 Å². The van der Waals surface area contributed by atoms with Crippen LogP contribution < -0.4 is 20.9 Å². The summed E-state index contributed by atoms with van der Waals surface area (Å²) in [7, 11) is 0. The van der Waals surface area contributed by atoms with Gasteiger partial charge in [0.2, 0.25) is 0 Å². The predicted molar refractivity (Wildman–Crippen MR) is 299 cm³/mol. The van der Waals surface area contributed by atoms with E-state index in [0.29, 0.717) is 12.0 Å². The smallest absolute Gasteiger partial charge is 0.101 e. The van der Waals surface area contributed by atoms with E-state index in [4.69, 9.17) is 0 Å². The Morgan fingerprint density at radius 3 is 2.11 bits per heavy atom. The molecule has 6 aliphatic rings. The Hall–Kier alpha value is -7.64. The molecule has 0 spiro atoms. The highest BCUT2D eigenvalue weighted by molar-refractivity contribution is 8.00. The summed E-state index contributed by atoms with van der Waals surface area (Å²) >= 11 is 1.95. The van der Waals surface area contributed by atoms with Crippen LogP contribution in [0.4, 0.5) is 5.69 Å². The summed E-state index contributed by atoms with van der Waals surface area (Å²) in [5, 5.41) is 28.9. The summed E-state index contributed by atoms with van der Waals surface area (Å²) in [4.78, 5) is 3.95. The molecule has 350 valence electrons. The molecule has 6 aromatic carbocycles. The number of allylic oxidation sites excluding steroid dienone is 12. The van der Waals surface area contributed by atoms with Crippen LogP contribution in [0.3, 0.4) is 0 Å². The van der Waals surface area contributed by atoms with Crippen molar-refractivity contribution >= 4 is 78.0 Å². The van der Waals surface area contributed by atoms with E-state index in [-0.39, 0.29) is 35.8 Å². The molecule has 14 rings (SSSR count). The third-order valence-electron chi connectivity index (χ3n) is 15.7. The topological polar surface area (TPSA) is 73.0 Å². The SMILES string of the molecule is N#CC1=C(n2c3ccccc3c3cc4c5ccccc5n(C5=CC=CCC5)c4cc32)CC(N2c3ccccc3SC3C=CC=CC32)C(C2NC(c3ccccc3)NC(c3cccc(C4=CCCC=C4)c3)N2)=C1. The molecular weight excluding hydrogens is 899 g/mol. The Kier molecular flexibility index (Phi) is 10.7. The lowest BCUT2D eigenvalue weighted by molar-refractivity contribution is 0.216. The van der Waals surface area contributed by atoms with Crippen LogP contribution in [0.15, 0.2) is 222 Å². The van der Waals surface area contributed by atoms with Crippen LogP contribution in [0, 0.1) is 11.3 Å². The molecule has 0 bridgehead atoms. The maximum Gasteiger partial charge on any atom is 0.101 e. The number of rotatable bonds is 7. The number of anilines is 1. The van der Waals surface area contributed by atoms with E-state index in [1.807, 2.05) is 11.8 Å². The lowest BCUT2D eigenvalue weighted by Crippen LogP contribution is -2.63. The first-order chi connectivity index (χ1) is 35.7. The van der Waals surface area contributed by atoms with Crippen LogP contribution in [0.5, 0.6) is 0 Å². The minimum Gasteiger partial charge on any atom is -0.355 e. The van der Waals surface area contributed by atoms with E-state index in [0.717, 1.165) is 53.6 Å². The van der Waals surface area contributed by atoms with Gasteiger partial charge in [0.15, 0.2) is 0 Å². The summed E-state index contributed by atoms with van der Waals surface area (Å²) in [6.45, 7) is 0. The zero-order valence-electron chi connectivity index (χ0n) is 39.8. The van der Waals surface area contributed by atoms with Gasteiger partial charge in [-0.3, -0.25) is 16.0 Å². The van der Waals surface area contributed by atoms with E-state index in [2.05, 4.69) is 242 Å². The highest BCUT2D eigenvalue weighted by atomic mass is 32.2. The largest absolute Gasteiger partial charge is 0.355 e. The number of nitrogens with zero attached hydrogens (tertiary/aromatic N) is 4. The average molecular weight is 952 g/mol. The number of hydrogen-bond acceptors (Lipinski definition) is 6. The van der Waals surface area contributed by atoms with Gasteiger partial charge < -0.3 is 14.0 Å². The second-order valence-electron chi connectivity index (χ2n) is 19.7.